The molecule has 3 unspecified atom stereocenters. The number of halogens is 1. The van der Waals surface area contributed by atoms with Crippen LogP contribution in [0.3, 0.4) is 0 Å². The van der Waals surface area contributed by atoms with Crippen LogP contribution >= 0.6 is 11.6 Å². The molecule has 0 radical (unpaired) electrons. The molecule has 3 atom stereocenters. The summed E-state index contributed by atoms with van der Waals surface area (Å²) in [4.78, 5) is 94.2. The third-order valence-corrected chi connectivity index (χ3v) is 19.9. The lowest BCUT2D eigenvalue weighted by Gasteiger charge is -2.22. The number of carboxylic acids is 1. The predicted octanol–water partition coefficient (Wildman–Crippen LogP) is 20.2. The number of fused-ring (bicyclic) bond motifs is 5. The number of ether oxygens (including phenoxy) is 17. The second-order valence-electron chi connectivity index (χ2n) is 29.0. The highest BCUT2D eigenvalue weighted by molar-refractivity contribution is 6.66. The van der Waals surface area contributed by atoms with E-state index in [9.17, 15) is 38.4 Å². The van der Waals surface area contributed by atoms with E-state index in [1.54, 1.807) is 146 Å². The summed E-state index contributed by atoms with van der Waals surface area (Å²) >= 11 is 4.71. The number of hydrogen-bond acceptors (Lipinski definition) is 27. The van der Waals surface area contributed by atoms with Crippen LogP contribution in [0.25, 0.3) is 53.9 Å². The average molecular weight is 1800 g/mol. The molecule has 3 fully saturated rings. The molecule has 3 N–H and O–H groups in total. The average Bonchev–Trinajstić information content (AvgIpc) is 0.826. The Kier molecular flexibility index (Phi) is 35.4. The van der Waals surface area contributed by atoms with Gasteiger partial charge in [0, 0.05) is 32.0 Å². The Morgan fingerprint density at radius 2 is 0.519 bits per heavy atom. The van der Waals surface area contributed by atoms with Crippen LogP contribution in [0.5, 0.6) is 63.2 Å². The van der Waals surface area contributed by atoms with Gasteiger partial charge in [-0.15, -0.1) is 0 Å². The molecule has 3 saturated heterocycles. The summed E-state index contributed by atoms with van der Waals surface area (Å²) in [5, 5.41) is 34.3. The van der Waals surface area contributed by atoms with E-state index in [2.05, 4.69) is 19.7 Å². The molecule has 0 amide bonds. The Morgan fingerprint density at radius 1 is 0.298 bits per heavy atom. The van der Waals surface area contributed by atoms with Gasteiger partial charge in [0.25, 0.3) is 0 Å². The van der Waals surface area contributed by atoms with E-state index in [-0.39, 0.29) is 81.4 Å². The van der Waals surface area contributed by atoms with Crippen molar-refractivity contribution in [2.75, 3.05) is 53.8 Å². The molecule has 0 saturated carbocycles. The van der Waals surface area contributed by atoms with Crippen LogP contribution in [-0.2, 0) is 52.3 Å². The lowest BCUT2D eigenvalue weighted by atomic mass is 10.1. The van der Waals surface area contributed by atoms with Gasteiger partial charge in [0.2, 0.25) is 18.8 Å². The number of rotatable bonds is 30. The van der Waals surface area contributed by atoms with Crippen molar-refractivity contribution in [3.8, 4) is 63.2 Å². The van der Waals surface area contributed by atoms with Crippen molar-refractivity contribution in [2.24, 2.45) is 0 Å². The number of allylic oxidation sites excluding steroid dienone is 1. The molecular weight excluding hydrogens is 1710 g/mol. The fourth-order valence-electron chi connectivity index (χ4n) is 13.0. The minimum atomic E-state index is -0.928. The molecule has 0 aliphatic carbocycles. The van der Waals surface area contributed by atoms with Gasteiger partial charge in [-0.05, 0) is 323 Å². The summed E-state index contributed by atoms with van der Waals surface area (Å²) in [6.07, 6.45) is 11.7. The van der Waals surface area contributed by atoms with Gasteiger partial charge in [-0.2, -0.15) is 0 Å². The smallest absolute Gasteiger partial charge is 0.343 e. The first-order valence-electron chi connectivity index (χ1n) is 41.4. The second kappa shape index (κ2) is 48.8. The fourth-order valence-corrected chi connectivity index (χ4v) is 13.0. The molecule has 13 aromatic rings. The van der Waals surface area contributed by atoms with Gasteiger partial charge < -0.3 is 95.8 Å². The van der Waals surface area contributed by atoms with E-state index < -0.39 is 47.0 Å². The Bertz CT molecular complexity index is 5850. The van der Waals surface area contributed by atoms with Gasteiger partial charge in [-0.1, -0.05) is 80.4 Å². The topological polar surface area (TPSA) is 354 Å². The first-order valence-corrected chi connectivity index (χ1v) is 41.8. The molecule has 674 valence electrons. The highest BCUT2D eigenvalue weighted by atomic mass is 35.5. The minimum Gasteiger partial charge on any atom is -0.508 e. The van der Waals surface area contributed by atoms with Crippen molar-refractivity contribution in [3.63, 3.8) is 0 Å². The van der Waals surface area contributed by atoms with Crippen molar-refractivity contribution in [1.82, 2.24) is 0 Å². The SMILES string of the molecule is C=CC(=O)Cl.C=CC(=O)OCOc1ccc2cc(C(=O)Oc3ccc(OC(=O)c4ccc5cc(OCOC(=O)C=C)ccc5c4)cc3)ccc2c1.O=C(O)c1ccc2cc(OCOC3CCCCO3)ccc2c1.O=C(Oc1ccc(OC(=O)c2ccc3cc(OCOC4CCCCO4)ccc3c2)cc1)c1ccc2cc(OCOC3CCCCO3)ccc2c1.Oc1ccc(O)cc1. The number of hydrogen-bond donors (Lipinski definition) is 3. The Morgan fingerprint density at radius 3 is 0.748 bits per heavy atom. The summed E-state index contributed by atoms with van der Waals surface area (Å²) in [7, 11) is 0. The normalized spacial score (nSPS) is 14.3. The van der Waals surface area contributed by atoms with Crippen LogP contribution in [0.2, 0.25) is 0 Å². The minimum absolute atomic E-state index is 0.104. The number of carboxylic acid groups (broad SMARTS) is 1. The number of carbonyl (C=O) groups is 8. The zero-order valence-electron chi connectivity index (χ0n) is 70.8. The lowest BCUT2D eigenvalue weighted by Crippen LogP contribution is -2.24. The summed E-state index contributed by atoms with van der Waals surface area (Å²) in [6, 6.07) is 71.1. The third kappa shape index (κ3) is 30.1. The molecule has 3 aliphatic rings. The largest absolute Gasteiger partial charge is 0.508 e. The van der Waals surface area contributed by atoms with Crippen LogP contribution in [-0.4, -0.2) is 135 Å². The number of aromatic carboxylic acids is 1. The second-order valence-corrected chi connectivity index (χ2v) is 29.4. The maximum atomic E-state index is 12.9. The summed E-state index contributed by atoms with van der Waals surface area (Å²) in [5.41, 5.74) is 1.75. The molecule has 131 heavy (non-hydrogen) atoms. The summed E-state index contributed by atoms with van der Waals surface area (Å²) in [5.74, 6) is 0.276. The molecule has 0 bridgehead atoms. The number of aromatic hydroxyl groups is 2. The predicted molar refractivity (Wildman–Crippen MR) is 484 cm³/mol. The molecule has 3 aliphatic heterocycles. The Hall–Kier alpha value is -15.0. The van der Waals surface area contributed by atoms with Crippen molar-refractivity contribution >= 4 is 112 Å². The van der Waals surface area contributed by atoms with Gasteiger partial charge in [0.15, 0.2) is 39.2 Å². The summed E-state index contributed by atoms with van der Waals surface area (Å²) in [6.45, 7) is 11.7. The molecule has 0 aromatic heterocycles. The van der Waals surface area contributed by atoms with Crippen LogP contribution in [0.15, 0.2) is 293 Å². The third-order valence-electron chi connectivity index (χ3n) is 19.8. The Labute approximate surface area is 756 Å². The van der Waals surface area contributed by atoms with Crippen molar-refractivity contribution < 1.29 is 134 Å². The number of benzene rings is 13. The molecular formula is C102H91ClO28. The van der Waals surface area contributed by atoms with E-state index >= 15 is 0 Å². The van der Waals surface area contributed by atoms with Gasteiger partial charge in [0.1, 0.15) is 63.2 Å². The molecule has 16 rings (SSSR count). The highest BCUT2D eigenvalue weighted by Crippen LogP contribution is 2.32. The van der Waals surface area contributed by atoms with Crippen LogP contribution in [0, 0.1) is 0 Å². The van der Waals surface area contributed by atoms with Crippen LogP contribution in [0.4, 0.5) is 0 Å². The zero-order chi connectivity index (χ0) is 92.2. The number of carbonyl (C=O) groups excluding carboxylic acids is 7. The maximum Gasteiger partial charge on any atom is 0.343 e. The summed E-state index contributed by atoms with van der Waals surface area (Å²) < 4.78 is 93.1. The van der Waals surface area contributed by atoms with E-state index in [4.69, 9.17) is 107 Å². The highest BCUT2D eigenvalue weighted by Gasteiger charge is 2.21. The standard InChI is InChI=1S/C40H38O10.C36H26O10.C17H18O5.C6H6O2.C3H3ClO/c41-39(31-9-7-29-23-35(13-11-27(29)21-31)45-25-47-37-5-1-3-19-43-37)49-33-15-17-34(18-16-33)50-40(42)32-10-8-30-24-36(14-12-28(30)22-32)46-26-48-38-6-2-4-20-44-38;1-3-33(37)43-21-41-31-11-9-23-17-27(7-5-25(23)19-31)35(39)45-29-13-15-30(16-14-29)46-36(40)28-8-6-26-20-32(12-10-24(26)18-28)42-22-44-34(38)4-2;18-17(19)14-5-4-13-10-15(7-6-12(13)9-14)21-11-22-16-3-1-2-8-20-16;7-5-1-2-6(8)4-3-5;1-2-3(4)5/h7-18,21-24,37-38H,1-6,19-20,25-26H2;3-20H,1-2,21-22H2;4-7,9-10,16H,1-3,8,11H2,(H,18,19);1-4,7-8H;2H,1H2. The molecule has 3 heterocycles. The lowest BCUT2D eigenvalue weighted by molar-refractivity contribution is -0.191. The Balaban J connectivity index is 0.000000174. The quantitative estimate of drug-likeness (QED) is 0.00940. The van der Waals surface area contributed by atoms with Crippen molar-refractivity contribution in [2.45, 2.75) is 76.7 Å². The first-order chi connectivity index (χ1) is 63.6. The monoisotopic (exact) mass is 1800 g/mol. The number of esters is 6. The first kappa shape index (κ1) is 95.1. The van der Waals surface area contributed by atoms with Gasteiger partial charge in [-0.25, -0.2) is 33.6 Å². The number of phenolic OH excluding ortho intramolecular Hbond substituents is 2. The van der Waals surface area contributed by atoms with Gasteiger partial charge in [0.05, 0.1) is 27.8 Å². The number of phenols is 2. The van der Waals surface area contributed by atoms with E-state index in [0.29, 0.717) is 75.7 Å². The van der Waals surface area contributed by atoms with Crippen molar-refractivity contribution in [3.05, 3.63) is 321 Å². The fraction of sp³-hybridized carbons (Fsp3) is 0.196. The molecule has 13 aromatic carbocycles. The van der Waals surface area contributed by atoms with Crippen LogP contribution in [0.1, 0.15) is 110 Å². The van der Waals surface area contributed by atoms with E-state index in [1.165, 1.54) is 48.5 Å². The zero-order valence-corrected chi connectivity index (χ0v) is 71.5. The molecule has 29 heteroatoms. The van der Waals surface area contributed by atoms with Gasteiger partial charge >= 0.3 is 41.8 Å². The van der Waals surface area contributed by atoms with Gasteiger partial charge in [-0.3, -0.25) is 4.79 Å². The van der Waals surface area contributed by atoms with E-state index in [0.717, 1.165) is 136 Å². The van der Waals surface area contributed by atoms with E-state index in [1.807, 2.05) is 60.7 Å². The van der Waals surface area contributed by atoms with Crippen LogP contribution < -0.4 is 42.6 Å². The maximum absolute atomic E-state index is 12.9. The van der Waals surface area contributed by atoms with Crippen molar-refractivity contribution in [1.29, 1.82) is 0 Å². The molecule has 28 nitrogen and oxygen atoms in total. The molecule has 0 spiro atoms.